The van der Waals surface area contributed by atoms with Gasteiger partial charge in [-0.25, -0.2) is 0 Å². The molecule has 0 saturated carbocycles. The highest BCUT2D eigenvalue weighted by Gasteiger charge is 2.42. The molecule has 0 rings (SSSR count). The van der Waals surface area contributed by atoms with Crippen molar-refractivity contribution in [1.29, 1.82) is 0 Å². The molecular formula is C25H56O5Si. The summed E-state index contributed by atoms with van der Waals surface area (Å²) in [6.07, 6.45) is 2.51. The fourth-order valence-electron chi connectivity index (χ4n) is 3.27. The highest BCUT2D eigenvalue weighted by Crippen LogP contribution is 2.35. The van der Waals surface area contributed by atoms with Gasteiger partial charge in [-0.05, 0) is 48.0 Å². The van der Waals surface area contributed by atoms with Crippen molar-refractivity contribution in [1.82, 2.24) is 0 Å². The lowest BCUT2D eigenvalue weighted by Gasteiger charge is -2.31. The first kappa shape index (κ1) is 33.2. The normalized spacial score (nSPS) is 15.0. The van der Waals surface area contributed by atoms with Gasteiger partial charge >= 0.3 is 8.56 Å². The molecule has 4 N–H and O–H groups in total. The molecule has 190 valence electrons. The Kier molecular flexibility index (Phi) is 14.0. The lowest BCUT2D eigenvalue weighted by molar-refractivity contribution is 0.0160. The minimum atomic E-state index is -3.16. The van der Waals surface area contributed by atoms with E-state index in [0.717, 1.165) is 12.8 Å². The predicted molar refractivity (Wildman–Crippen MR) is 134 cm³/mol. The molecule has 0 fully saturated rings. The van der Waals surface area contributed by atoms with Crippen molar-refractivity contribution in [3.63, 3.8) is 0 Å². The van der Waals surface area contributed by atoms with E-state index in [1.807, 2.05) is 20.8 Å². The Morgan fingerprint density at radius 3 is 1.32 bits per heavy atom. The molecule has 0 aliphatic carbocycles. The van der Waals surface area contributed by atoms with Crippen molar-refractivity contribution >= 4 is 8.56 Å². The summed E-state index contributed by atoms with van der Waals surface area (Å²) >= 11 is 0. The highest BCUT2D eigenvalue weighted by molar-refractivity contribution is 6.67. The molecule has 0 aromatic carbocycles. The third-order valence-electron chi connectivity index (χ3n) is 4.87. The summed E-state index contributed by atoms with van der Waals surface area (Å²) in [5.74, 6) is 0. The second kappa shape index (κ2) is 13.0. The first-order valence-electron chi connectivity index (χ1n) is 11.8. The molecule has 6 heteroatoms. The van der Waals surface area contributed by atoms with Crippen molar-refractivity contribution in [2.45, 2.75) is 132 Å². The third kappa shape index (κ3) is 21.6. The minimum absolute atomic E-state index is 0.0906. The van der Waals surface area contributed by atoms with Crippen molar-refractivity contribution < 1.29 is 24.5 Å². The molecule has 1 unspecified atom stereocenters. The van der Waals surface area contributed by atoms with Crippen LogP contribution >= 0.6 is 0 Å². The standard InChI is InChI=1S/C14H32O4Si.C11H24O/c1-13(2,3)10-12(15)11-18-8-7-9-19(16,17)14(4,5)6;1-10(2,3)7-9(12)8-11(4,5)6/h12,15-17H,7-11H2,1-6H3;9,12H,7-8H2,1-6H3. The molecule has 0 radical (unpaired) electrons. The van der Waals surface area contributed by atoms with E-state index in [2.05, 4.69) is 62.3 Å². The molecule has 0 amide bonds. The number of hydrogen-bond acceptors (Lipinski definition) is 5. The lowest BCUT2D eigenvalue weighted by atomic mass is 9.82. The van der Waals surface area contributed by atoms with Crippen LogP contribution in [0.1, 0.15) is 109 Å². The number of ether oxygens (including phenoxy) is 1. The Bertz CT molecular complexity index is 448. The molecule has 0 aromatic heterocycles. The highest BCUT2D eigenvalue weighted by atomic mass is 28.4. The van der Waals surface area contributed by atoms with Gasteiger partial charge in [-0.2, -0.15) is 0 Å². The van der Waals surface area contributed by atoms with E-state index in [-0.39, 0.29) is 22.3 Å². The van der Waals surface area contributed by atoms with Crippen molar-refractivity contribution in [2.24, 2.45) is 16.2 Å². The van der Waals surface area contributed by atoms with Crippen molar-refractivity contribution in [3.05, 3.63) is 0 Å². The molecule has 1 atom stereocenters. The zero-order chi connectivity index (χ0) is 25.3. The van der Waals surface area contributed by atoms with Crippen LogP contribution in [-0.4, -0.2) is 53.8 Å². The maximum Gasteiger partial charge on any atom is 0.338 e. The molecule has 0 aromatic rings. The van der Waals surface area contributed by atoms with Gasteiger partial charge in [0.1, 0.15) is 0 Å². The third-order valence-corrected chi connectivity index (χ3v) is 8.32. The number of aliphatic hydroxyl groups is 2. The monoisotopic (exact) mass is 464 g/mol. The van der Waals surface area contributed by atoms with Crippen LogP contribution in [0.2, 0.25) is 11.1 Å². The summed E-state index contributed by atoms with van der Waals surface area (Å²) in [7, 11) is -3.16. The van der Waals surface area contributed by atoms with Crippen LogP contribution in [0.25, 0.3) is 0 Å². The van der Waals surface area contributed by atoms with Gasteiger partial charge in [0.15, 0.2) is 0 Å². The van der Waals surface area contributed by atoms with Gasteiger partial charge in [-0.3, -0.25) is 0 Å². The average molecular weight is 465 g/mol. The van der Waals surface area contributed by atoms with Gasteiger partial charge in [0.05, 0.1) is 18.8 Å². The maximum absolute atomic E-state index is 10.0. The van der Waals surface area contributed by atoms with E-state index in [9.17, 15) is 19.8 Å². The largest absolute Gasteiger partial charge is 0.410 e. The van der Waals surface area contributed by atoms with E-state index >= 15 is 0 Å². The molecule has 0 aliphatic rings. The smallest absolute Gasteiger partial charge is 0.338 e. The average Bonchev–Trinajstić information content (AvgIpc) is 2.39. The van der Waals surface area contributed by atoms with Crippen molar-refractivity contribution in [2.75, 3.05) is 13.2 Å². The van der Waals surface area contributed by atoms with E-state index < -0.39 is 19.7 Å². The van der Waals surface area contributed by atoms with E-state index in [1.165, 1.54) is 0 Å². The van der Waals surface area contributed by atoms with Gasteiger partial charge in [0.25, 0.3) is 0 Å². The predicted octanol–water partition coefficient (Wildman–Crippen LogP) is 5.64. The summed E-state index contributed by atoms with van der Waals surface area (Å²) in [5.41, 5.74) is 0.572. The first-order valence-corrected chi connectivity index (χ1v) is 13.9. The second-order valence-electron chi connectivity index (χ2n) is 13.8. The molecule has 5 nitrogen and oxygen atoms in total. The maximum atomic E-state index is 10.0. The molecule has 0 saturated heterocycles. The summed E-state index contributed by atoms with van der Waals surface area (Å²) in [6, 6.07) is 0.409. The van der Waals surface area contributed by atoms with E-state index in [0.29, 0.717) is 32.1 Å². The number of hydrogen-bond donors (Lipinski definition) is 4. The summed E-state index contributed by atoms with van der Waals surface area (Å²) < 4.78 is 5.40. The Balaban J connectivity index is 0. The Hall–Kier alpha value is 0.0169. The zero-order valence-corrected chi connectivity index (χ0v) is 23.8. The minimum Gasteiger partial charge on any atom is -0.410 e. The summed E-state index contributed by atoms with van der Waals surface area (Å²) in [6.45, 7) is 25.6. The van der Waals surface area contributed by atoms with Crippen LogP contribution in [-0.2, 0) is 4.74 Å². The van der Waals surface area contributed by atoms with E-state index in [4.69, 9.17) is 4.74 Å². The Morgan fingerprint density at radius 2 is 1.00 bits per heavy atom. The van der Waals surface area contributed by atoms with E-state index in [1.54, 1.807) is 0 Å². The van der Waals surface area contributed by atoms with Crippen LogP contribution in [0.3, 0.4) is 0 Å². The Labute approximate surface area is 194 Å². The Morgan fingerprint density at radius 1 is 0.645 bits per heavy atom. The molecular weight excluding hydrogens is 408 g/mol. The van der Waals surface area contributed by atoms with Crippen LogP contribution < -0.4 is 0 Å². The number of rotatable bonds is 9. The van der Waals surface area contributed by atoms with Crippen LogP contribution in [0.4, 0.5) is 0 Å². The molecule has 31 heavy (non-hydrogen) atoms. The summed E-state index contributed by atoms with van der Waals surface area (Å²) in [5, 5.41) is 19.0. The van der Waals surface area contributed by atoms with Crippen LogP contribution in [0.15, 0.2) is 0 Å². The second-order valence-corrected chi connectivity index (χ2v) is 17.5. The lowest BCUT2D eigenvalue weighted by Crippen LogP contribution is -2.44. The number of aliphatic hydroxyl groups excluding tert-OH is 2. The van der Waals surface area contributed by atoms with Gasteiger partial charge in [0, 0.05) is 11.6 Å². The van der Waals surface area contributed by atoms with Gasteiger partial charge in [-0.15, -0.1) is 0 Å². The molecule has 0 heterocycles. The zero-order valence-electron chi connectivity index (χ0n) is 22.8. The van der Waals surface area contributed by atoms with Crippen LogP contribution in [0, 0.1) is 16.2 Å². The fraction of sp³-hybridized carbons (Fsp3) is 1.00. The van der Waals surface area contributed by atoms with Crippen molar-refractivity contribution in [3.8, 4) is 0 Å². The first-order chi connectivity index (χ1) is 13.5. The quantitative estimate of drug-likeness (QED) is 0.262. The summed E-state index contributed by atoms with van der Waals surface area (Å²) in [4.78, 5) is 20.0. The molecule has 0 aliphatic heterocycles. The topological polar surface area (TPSA) is 90.2 Å². The molecule has 0 spiro atoms. The van der Waals surface area contributed by atoms with Gasteiger partial charge < -0.3 is 24.5 Å². The van der Waals surface area contributed by atoms with Crippen LogP contribution in [0.5, 0.6) is 0 Å². The SMILES string of the molecule is CC(C)(C)CC(O)CC(C)(C)C.CC(C)(C)CC(O)COCCC[Si](O)(O)C(C)(C)C. The molecule has 0 bridgehead atoms. The van der Waals surface area contributed by atoms with Gasteiger partial charge in [-0.1, -0.05) is 83.1 Å². The van der Waals surface area contributed by atoms with Gasteiger partial charge in [0.2, 0.25) is 0 Å². The fourth-order valence-corrected chi connectivity index (χ4v) is 4.65.